The van der Waals surface area contributed by atoms with Crippen LogP contribution in [0, 0.1) is 11.5 Å². The molecule has 2 aliphatic rings. The van der Waals surface area contributed by atoms with Gasteiger partial charge in [-0.1, -0.05) is 41.4 Å². The van der Waals surface area contributed by atoms with Crippen molar-refractivity contribution in [3.63, 3.8) is 0 Å². The van der Waals surface area contributed by atoms with Crippen LogP contribution in [0.5, 0.6) is 0 Å². The van der Waals surface area contributed by atoms with E-state index in [2.05, 4.69) is 15.6 Å². The number of carboxylic acids is 1. The van der Waals surface area contributed by atoms with Gasteiger partial charge in [0.1, 0.15) is 5.58 Å². The van der Waals surface area contributed by atoms with Crippen molar-refractivity contribution in [3.8, 4) is 6.19 Å². The summed E-state index contributed by atoms with van der Waals surface area (Å²) in [4.78, 5) is 45.8. The van der Waals surface area contributed by atoms with E-state index in [4.69, 9.17) is 37.6 Å². The molecule has 1 fully saturated rings. The van der Waals surface area contributed by atoms with Crippen LogP contribution in [0.15, 0.2) is 45.8 Å². The van der Waals surface area contributed by atoms with Gasteiger partial charge in [-0.15, -0.1) is 0 Å². The lowest BCUT2D eigenvalue weighted by atomic mass is 9.96. The number of halogens is 2. The van der Waals surface area contributed by atoms with E-state index >= 15 is 0 Å². The number of methoxy groups -OCH3 is 1. The number of fused-ring (bicyclic) bond motifs is 2. The smallest absolute Gasteiger partial charge is 0.349 e. The van der Waals surface area contributed by atoms with Gasteiger partial charge in [0.05, 0.1) is 21.7 Å². The summed E-state index contributed by atoms with van der Waals surface area (Å²) in [7, 11) is 1.56. The van der Waals surface area contributed by atoms with Gasteiger partial charge < -0.3 is 29.4 Å². The number of carbonyl (C=O) groups excluding carboxylic acids is 2. The topological polar surface area (TPSA) is 160 Å². The van der Waals surface area contributed by atoms with Crippen LogP contribution >= 0.6 is 23.2 Å². The number of furan rings is 1. The van der Waals surface area contributed by atoms with Gasteiger partial charge in [-0.3, -0.25) is 14.9 Å². The van der Waals surface area contributed by atoms with Crippen molar-refractivity contribution in [2.75, 3.05) is 26.7 Å². The Bertz CT molecular complexity index is 1600. The maximum atomic E-state index is 13.3. The molecule has 5 rings (SSSR count). The van der Waals surface area contributed by atoms with Crippen LogP contribution in [0.3, 0.4) is 0 Å². The van der Waals surface area contributed by atoms with E-state index in [0.29, 0.717) is 49.2 Å². The number of benzene rings is 2. The number of guanidine groups is 1. The SMILES string of the molecule is CO[C@H]1CCN(/C(=N/[C@H](NC(=O)c2c(Cl)cc3c(c2Cl)CCN(C(=O)c2cc4ccccc4o2)C3)C(=O)O)NC#N)C1. The number of aliphatic imine (C=N–C) groups is 1. The number of nitrogens with zero attached hydrogens (tertiary/aromatic N) is 4. The Kier molecular flexibility index (Phi) is 8.54. The highest BCUT2D eigenvalue weighted by Gasteiger charge is 2.32. The van der Waals surface area contributed by atoms with Crippen molar-refractivity contribution in [1.29, 1.82) is 5.26 Å². The molecule has 12 nitrogen and oxygen atoms in total. The highest BCUT2D eigenvalue weighted by atomic mass is 35.5. The number of rotatable bonds is 6. The number of likely N-dealkylation sites (tertiary alicyclic amines) is 1. The minimum Gasteiger partial charge on any atom is -0.478 e. The zero-order valence-corrected chi connectivity index (χ0v) is 23.9. The molecule has 2 aromatic carbocycles. The van der Waals surface area contributed by atoms with Crippen molar-refractivity contribution in [2.24, 2.45) is 4.99 Å². The molecule has 0 bridgehead atoms. The summed E-state index contributed by atoms with van der Waals surface area (Å²) in [6, 6.07) is 10.6. The Morgan fingerprint density at radius 1 is 1.21 bits per heavy atom. The van der Waals surface area contributed by atoms with Gasteiger partial charge in [0.25, 0.3) is 11.8 Å². The monoisotopic (exact) mass is 612 g/mol. The first-order valence-corrected chi connectivity index (χ1v) is 13.8. The molecule has 1 saturated heterocycles. The quantitative estimate of drug-likeness (QED) is 0.164. The third kappa shape index (κ3) is 5.85. The molecule has 2 amide bonds. The van der Waals surface area contributed by atoms with E-state index in [1.165, 1.54) is 0 Å². The Morgan fingerprint density at radius 3 is 2.69 bits per heavy atom. The number of aliphatic carboxylic acids is 1. The summed E-state index contributed by atoms with van der Waals surface area (Å²) in [5, 5.41) is 24.6. The number of carbonyl (C=O) groups is 3. The lowest BCUT2D eigenvalue weighted by molar-refractivity contribution is -0.139. The lowest BCUT2D eigenvalue weighted by Crippen LogP contribution is -2.45. The van der Waals surface area contributed by atoms with Gasteiger partial charge in [-0.05, 0) is 42.2 Å². The second kappa shape index (κ2) is 12.3. The molecule has 3 heterocycles. The second-order valence-electron chi connectivity index (χ2n) is 9.81. The Balaban J connectivity index is 1.35. The van der Waals surface area contributed by atoms with Crippen molar-refractivity contribution in [3.05, 3.63) is 68.9 Å². The minimum absolute atomic E-state index is 0.0124. The third-order valence-corrected chi connectivity index (χ3v) is 7.97. The highest BCUT2D eigenvalue weighted by molar-refractivity contribution is 6.40. The average molecular weight is 613 g/mol. The predicted molar refractivity (Wildman–Crippen MR) is 153 cm³/mol. The molecule has 1 aromatic heterocycles. The van der Waals surface area contributed by atoms with E-state index in [9.17, 15) is 19.5 Å². The molecule has 2 atom stereocenters. The van der Waals surface area contributed by atoms with Gasteiger partial charge in [-0.25, -0.2) is 9.79 Å². The van der Waals surface area contributed by atoms with Gasteiger partial charge in [-0.2, -0.15) is 5.26 Å². The summed E-state index contributed by atoms with van der Waals surface area (Å²) in [5.41, 5.74) is 1.79. The number of carboxylic acid groups (broad SMARTS) is 1. The number of para-hydroxylation sites is 1. The van der Waals surface area contributed by atoms with Crippen LogP contribution in [0.2, 0.25) is 10.0 Å². The third-order valence-electron chi connectivity index (χ3n) is 7.25. The summed E-state index contributed by atoms with van der Waals surface area (Å²) in [6.45, 7) is 1.37. The fourth-order valence-corrected chi connectivity index (χ4v) is 5.86. The molecule has 3 N–H and O–H groups in total. The Labute approximate surface area is 250 Å². The fraction of sp³-hybridized carbons (Fsp3) is 0.321. The standard InChI is InChI=1S/C28H26Cl2N6O6/c1-41-17-6-8-36(13-17)28(32-14-31)34-24(27(39)40)33-25(37)22-19(29)10-16-12-35(9-7-18(16)23(22)30)26(38)21-11-15-4-2-3-5-20(15)42-21/h2-5,10-11,17,24H,6-9,12-13H2,1H3,(H,32,34)(H,33,37)(H,39,40)/t17-,24-/m0/s1. The van der Waals surface area contributed by atoms with Gasteiger partial charge >= 0.3 is 5.97 Å². The Hall–Kier alpha value is -4.31. The summed E-state index contributed by atoms with van der Waals surface area (Å²) >= 11 is 13.1. The molecule has 0 aliphatic carbocycles. The number of amides is 2. The zero-order valence-electron chi connectivity index (χ0n) is 22.4. The van der Waals surface area contributed by atoms with E-state index in [1.54, 1.807) is 41.3 Å². The molecule has 42 heavy (non-hydrogen) atoms. The summed E-state index contributed by atoms with van der Waals surface area (Å²) in [5.74, 6) is -2.39. The van der Waals surface area contributed by atoms with Crippen molar-refractivity contribution >= 4 is 57.9 Å². The predicted octanol–water partition coefficient (Wildman–Crippen LogP) is 3.23. The molecule has 0 unspecified atom stereocenters. The van der Waals surface area contributed by atoms with Crippen molar-refractivity contribution in [1.82, 2.24) is 20.4 Å². The molecule has 3 aromatic rings. The van der Waals surface area contributed by atoms with Crippen LogP contribution in [0.25, 0.3) is 11.0 Å². The normalized spacial score (nSPS) is 17.5. The van der Waals surface area contributed by atoms with Gasteiger partial charge in [0.15, 0.2) is 12.0 Å². The fourth-order valence-electron chi connectivity index (χ4n) is 5.10. The van der Waals surface area contributed by atoms with E-state index in [0.717, 1.165) is 5.39 Å². The van der Waals surface area contributed by atoms with Crippen LogP contribution in [-0.2, 0) is 22.5 Å². The largest absolute Gasteiger partial charge is 0.478 e. The first kappa shape index (κ1) is 29.2. The highest BCUT2D eigenvalue weighted by Crippen LogP contribution is 2.35. The van der Waals surface area contributed by atoms with E-state index in [1.807, 2.05) is 18.2 Å². The second-order valence-corrected chi connectivity index (χ2v) is 10.6. The van der Waals surface area contributed by atoms with E-state index < -0.39 is 18.0 Å². The average Bonchev–Trinajstić information content (AvgIpc) is 3.63. The van der Waals surface area contributed by atoms with Crippen molar-refractivity contribution in [2.45, 2.75) is 31.7 Å². The molecule has 0 saturated carbocycles. The zero-order chi connectivity index (χ0) is 30.0. The molecule has 2 aliphatic heterocycles. The molecular formula is C28H26Cl2N6O6. The van der Waals surface area contributed by atoms with Gasteiger partial charge in [0, 0.05) is 38.7 Å². The number of nitrogens with one attached hydrogen (secondary N) is 2. The lowest BCUT2D eigenvalue weighted by Gasteiger charge is -2.30. The first-order valence-electron chi connectivity index (χ1n) is 13.0. The van der Waals surface area contributed by atoms with Crippen LogP contribution in [-0.4, -0.2) is 77.7 Å². The minimum atomic E-state index is -1.74. The maximum Gasteiger partial charge on any atom is 0.349 e. The number of hydrogen-bond donors (Lipinski definition) is 3. The number of nitriles is 1. The molecule has 0 radical (unpaired) electrons. The van der Waals surface area contributed by atoms with Crippen molar-refractivity contribution < 1.29 is 28.6 Å². The molecule has 218 valence electrons. The summed E-state index contributed by atoms with van der Waals surface area (Å²) < 4.78 is 11.0. The van der Waals surface area contributed by atoms with Crippen LogP contribution in [0.1, 0.15) is 38.5 Å². The summed E-state index contributed by atoms with van der Waals surface area (Å²) in [6.07, 6.45) is 0.895. The number of hydrogen-bond acceptors (Lipinski definition) is 7. The van der Waals surface area contributed by atoms with E-state index in [-0.39, 0.29) is 45.9 Å². The molecule has 0 spiro atoms. The van der Waals surface area contributed by atoms with Crippen LogP contribution in [0.4, 0.5) is 0 Å². The number of ether oxygens (including phenoxy) is 1. The van der Waals surface area contributed by atoms with Crippen LogP contribution < -0.4 is 10.6 Å². The maximum absolute atomic E-state index is 13.3. The van der Waals surface area contributed by atoms with Gasteiger partial charge in [0.2, 0.25) is 12.1 Å². The Morgan fingerprint density at radius 2 is 2.00 bits per heavy atom. The molecule has 14 heteroatoms. The first-order chi connectivity index (χ1) is 20.2. The molecular weight excluding hydrogens is 587 g/mol.